The Morgan fingerprint density at radius 1 is 1.04 bits per heavy atom. The van der Waals surface area contributed by atoms with Gasteiger partial charge in [0.25, 0.3) is 5.91 Å². The van der Waals surface area contributed by atoms with Crippen molar-refractivity contribution in [3.05, 3.63) is 71.1 Å². The number of aryl methyl sites for hydroxylation is 2. The summed E-state index contributed by atoms with van der Waals surface area (Å²) in [5.74, 6) is 0.772. The largest absolute Gasteiger partial charge is 0.496 e. The van der Waals surface area contributed by atoms with Crippen LogP contribution in [0.5, 0.6) is 5.75 Å². The maximum Gasteiger partial charge on any atom is 0.260 e. The lowest BCUT2D eigenvalue weighted by Gasteiger charge is -2.09. The van der Waals surface area contributed by atoms with Crippen molar-refractivity contribution in [2.24, 2.45) is 0 Å². The molecular formula is C21H21N3O4. The fourth-order valence-electron chi connectivity index (χ4n) is 2.72. The van der Waals surface area contributed by atoms with Gasteiger partial charge in [-0.25, -0.2) is 0 Å². The lowest BCUT2D eigenvalue weighted by molar-refractivity contribution is -0.115. The minimum Gasteiger partial charge on any atom is -0.496 e. The molecule has 0 aliphatic heterocycles. The van der Waals surface area contributed by atoms with E-state index in [4.69, 9.17) is 9.26 Å². The van der Waals surface area contributed by atoms with E-state index in [2.05, 4.69) is 15.8 Å². The van der Waals surface area contributed by atoms with Gasteiger partial charge in [0.1, 0.15) is 17.1 Å². The van der Waals surface area contributed by atoms with E-state index < -0.39 is 0 Å². The summed E-state index contributed by atoms with van der Waals surface area (Å²) >= 11 is 0. The number of nitrogens with one attached hydrogen (secondary N) is 2. The Labute approximate surface area is 162 Å². The molecular weight excluding hydrogens is 358 g/mol. The number of methoxy groups -OCH3 is 1. The summed E-state index contributed by atoms with van der Waals surface area (Å²) < 4.78 is 10.2. The van der Waals surface area contributed by atoms with Gasteiger partial charge in [-0.2, -0.15) is 0 Å². The van der Waals surface area contributed by atoms with Gasteiger partial charge in [-0.3, -0.25) is 9.59 Å². The number of rotatable bonds is 6. The maximum atomic E-state index is 12.3. The van der Waals surface area contributed by atoms with Crippen LogP contribution in [0.15, 0.2) is 53.2 Å². The molecule has 3 rings (SSSR count). The van der Waals surface area contributed by atoms with Crippen LogP contribution in [0.2, 0.25) is 0 Å². The third-order valence-corrected chi connectivity index (χ3v) is 4.26. The first kappa shape index (κ1) is 19.2. The molecule has 28 heavy (non-hydrogen) atoms. The summed E-state index contributed by atoms with van der Waals surface area (Å²) in [4.78, 5) is 24.4. The van der Waals surface area contributed by atoms with Gasteiger partial charge in [0.2, 0.25) is 5.91 Å². The second-order valence-electron chi connectivity index (χ2n) is 6.36. The zero-order valence-electron chi connectivity index (χ0n) is 15.9. The molecule has 0 aliphatic carbocycles. The number of nitrogens with zero attached hydrogens (tertiary/aromatic N) is 1. The lowest BCUT2D eigenvalue weighted by atomic mass is 10.1. The molecule has 0 bridgehead atoms. The van der Waals surface area contributed by atoms with Gasteiger partial charge in [-0.1, -0.05) is 17.3 Å². The summed E-state index contributed by atoms with van der Waals surface area (Å²) in [7, 11) is 1.61. The summed E-state index contributed by atoms with van der Waals surface area (Å²) in [6.45, 7) is 3.62. The molecule has 0 aliphatic rings. The summed E-state index contributed by atoms with van der Waals surface area (Å²) in [5.41, 5.74) is 3.51. The van der Waals surface area contributed by atoms with Crippen LogP contribution in [-0.4, -0.2) is 24.1 Å². The first-order valence-corrected chi connectivity index (χ1v) is 8.72. The molecule has 7 nitrogen and oxygen atoms in total. The van der Waals surface area contributed by atoms with Crippen molar-refractivity contribution in [1.82, 2.24) is 5.16 Å². The first-order valence-electron chi connectivity index (χ1n) is 8.72. The molecule has 3 aromatic rings. The summed E-state index contributed by atoms with van der Waals surface area (Å²) in [6.07, 6.45) is 1.61. The van der Waals surface area contributed by atoms with Crippen molar-refractivity contribution in [1.29, 1.82) is 0 Å². The van der Waals surface area contributed by atoms with Crippen molar-refractivity contribution in [3.8, 4) is 5.75 Å². The van der Waals surface area contributed by atoms with E-state index in [9.17, 15) is 9.59 Å². The maximum absolute atomic E-state index is 12.3. The number of benzene rings is 2. The Kier molecular flexibility index (Phi) is 5.74. The Morgan fingerprint density at radius 2 is 1.71 bits per heavy atom. The summed E-state index contributed by atoms with van der Waals surface area (Å²) in [5, 5.41) is 9.19. The van der Waals surface area contributed by atoms with Crippen LogP contribution >= 0.6 is 0 Å². The number of amides is 2. The van der Waals surface area contributed by atoms with E-state index in [1.807, 2.05) is 25.1 Å². The minimum atomic E-state index is -0.302. The highest BCUT2D eigenvalue weighted by Crippen LogP contribution is 2.20. The van der Waals surface area contributed by atoms with Gasteiger partial charge in [0, 0.05) is 11.4 Å². The van der Waals surface area contributed by atoms with Gasteiger partial charge in [0.05, 0.1) is 19.7 Å². The minimum absolute atomic E-state index is 0.136. The molecule has 0 spiro atoms. The molecule has 2 aromatic carbocycles. The van der Waals surface area contributed by atoms with E-state index in [0.717, 1.165) is 16.9 Å². The Balaban J connectivity index is 1.58. The predicted octanol–water partition coefficient (Wildman–Crippen LogP) is 3.73. The quantitative estimate of drug-likeness (QED) is 0.681. The van der Waals surface area contributed by atoms with Gasteiger partial charge >= 0.3 is 0 Å². The van der Waals surface area contributed by atoms with Crippen LogP contribution in [0.4, 0.5) is 11.4 Å². The standard InChI is InChI=1S/C21H21N3O4/c1-13-4-5-15(10-19(13)27-3)11-20(25)23-16-6-8-17(9-7-16)24-21(26)18-12-22-28-14(18)2/h4-10,12H,11H2,1-3H3,(H,23,25)(H,24,26). The summed E-state index contributed by atoms with van der Waals surface area (Å²) in [6, 6.07) is 12.6. The molecule has 0 atom stereocenters. The number of anilines is 2. The predicted molar refractivity (Wildman–Crippen MR) is 106 cm³/mol. The highest BCUT2D eigenvalue weighted by molar-refractivity contribution is 6.04. The first-order chi connectivity index (χ1) is 13.5. The Hall–Kier alpha value is -3.61. The number of aromatic nitrogens is 1. The van der Waals surface area contributed by atoms with Crippen molar-refractivity contribution in [3.63, 3.8) is 0 Å². The number of carbonyl (C=O) groups is 2. The van der Waals surface area contributed by atoms with Crippen molar-refractivity contribution in [2.45, 2.75) is 20.3 Å². The molecule has 7 heteroatoms. The molecule has 1 heterocycles. The number of carbonyl (C=O) groups excluding carboxylic acids is 2. The van der Waals surface area contributed by atoms with Crippen LogP contribution in [0, 0.1) is 13.8 Å². The average Bonchev–Trinajstić information content (AvgIpc) is 3.11. The van der Waals surface area contributed by atoms with Crippen molar-refractivity contribution in [2.75, 3.05) is 17.7 Å². The third kappa shape index (κ3) is 4.56. The molecule has 0 radical (unpaired) electrons. The van der Waals surface area contributed by atoms with Crippen molar-refractivity contribution >= 4 is 23.2 Å². The normalized spacial score (nSPS) is 10.4. The van der Waals surface area contributed by atoms with Crippen LogP contribution in [0.1, 0.15) is 27.2 Å². The lowest BCUT2D eigenvalue weighted by Crippen LogP contribution is -2.15. The second kappa shape index (κ2) is 8.39. The molecule has 0 fully saturated rings. The van der Waals surface area contributed by atoms with E-state index >= 15 is 0 Å². The van der Waals surface area contributed by atoms with Crippen LogP contribution in [0.25, 0.3) is 0 Å². The van der Waals surface area contributed by atoms with Gasteiger partial charge in [-0.05, 0) is 55.3 Å². The van der Waals surface area contributed by atoms with Crippen LogP contribution in [0.3, 0.4) is 0 Å². The average molecular weight is 379 g/mol. The van der Waals surface area contributed by atoms with Crippen LogP contribution < -0.4 is 15.4 Å². The smallest absolute Gasteiger partial charge is 0.260 e. The number of hydrogen-bond donors (Lipinski definition) is 2. The molecule has 1 aromatic heterocycles. The van der Waals surface area contributed by atoms with E-state index in [0.29, 0.717) is 22.7 Å². The Morgan fingerprint density at radius 3 is 2.32 bits per heavy atom. The van der Waals surface area contributed by atoms with Gasteiger partial charge in [0.15, 0.2) is 0 Å². The molecule has 0 saturated heterocycles. The van der Waals surface area contributed by atoms with E-state index in [1.54, 1.807) is 38.3 Å². The van der Waals surface area contributed by atoms with E-state index in [-0.39, 0.29) is 18.2 Å². The molecule has 144 valence electrons. The topological polar surface area (TPSA) is 93.5 Å². The fourth-order valence-corrected chi connectivity index (χ4v) is 2.72. The highest BCUT2D eigenvalue weighted by atomic mass is 16.5. The molecule has 0 unspecified atom stereocenters. The molecule has 2 N–H and O–H groups in total. The fraction of sp³-hybridized carbons (Fsp3) is 0.190. The SMILES string of the molecule is COc1cc(CC(=O)Nc2ccc(NC(=O)c3cnoc3C)cc2)ccc1C. The van der Waals surface area contributed by atoms with Crippen molar-refractivity contribution < 1.29 is 18.8 Å². The second-order valence-corrected chi connectivity index (χ2v) is 6.36. The zero-order valence-corrected chi connectivity index (χ0v) is 15.9. The Bertz CT molecular complexity index is 993. The zero-order chi connectivity index (χ0) is 20.1. The molecule has 0 saturated carbocycles. The molecule has 2 amide bonds. The van der Waals surface area contributed by atoms with Gasteiger partial charge < -0.3 is 19.9 Å². The van der Waals surface area contributed by atoms with Crippen LogP contribution in [-0.2, 0) is 11.2 Å². The number of hydrogen-bond acceptors (Lipinski definition) is 5. The van der Waals surface area contributed by atoms with E-state index in [1.165, 1.54) is 6.20 Å². The third-order valence-electron chi connectivity index (χ3n) is 4.26. The highest BCUT2D eigenvalue weighted by Gasteiger charge is 2.13. The number of ether oxygens (including phenoxy) is 1. The van der Waals surface area contributed by atoms with Gasteiger partial charge in [-0.15, -0.1) is 0 Å². The monoisotopic (exact) mass is 379 g/mol.